The van der Waals surface area contributed by atoms with Crippen molar-refractivity contribution in [3.05, 3.63) is 64.7 Å². The first-order valence-electron chi connectivity index (χ1n) is 6.50. The molecule has 1 heterocycles. The second-order valence-electron chi connectivity index (χ2n) is 4.77. The van der Waals surface area contributed by atoms with Gasteiger partial charge in [0.1, 0.15) is 5.75 Å². The van der Waals surface area contributed by atoms with Crippen LogP contribution in [-0.2, 0) is 6.54 Å². The van der Waals surface area contributed by atoms with Gasteiger partial charge in [0.25, 0.3) is 0 Å². The number of ether oxygens (including phenoxy) is 1. The van der Waals surface area contributed by atoms with E-state index in [-0.39, 0.29) is 0 Å². The Bertz CT molecular complexity index is 570. The Kier molecular flexibility index (Phi) is 3.72. The lowest BCUT2D eigenvalue weighted by Crippen LogP contribution is -2.31. The van der Waals surface area contributed by atoms with Gasteiger partial charge in [-0.25, -0.2) is 0 Å². The zero-order valence-electron chi connectivity index (χ0n) is 10.6. The smallest absolute Gasteiger partial charge is 0.137 e. The molecule has 3 heteroatoms. The van der Waals surface area contributed by atoms with E-state index in [1.54, 1.807) is 0 Å². The largest absolute Gasteiger partial charge is 0.491 e. The molecule has 98 valence electrons. The summed E-state index contributed by atoms with van der Waals surface area (Å²) in [5.74, 6) is 1.13. The first-order chi connectivity index (χ1) is 9.34. The van der Waals surface area contributed by atoms with Crippen LogP contribution in [0.1, 0.15) is 17.0 Å². The average Bonchev–Trinajstić information content (AvgIpc) is 2.46. The molecule has 2 aromatic carbocycles. The third-order valence-electron chi connectivity index (χ3n) is 3.48. The van der Waals surface area contributed by atoms with E-state index in [2.05, 4.69) is 29.6 Å². The lowest BCUT2D eigenvalue weighted by molar-refractivity contribution is 0.278. The Morgan fingerprint density at radius 2 is 1.89 bits per heavy atom. The molecule has 1 N–H and O–H groups in total. The van der Waals surface area contributed by atoms with E-state index in [0.29, 0.717) is 17.5 Å². The summed E-state index contributed by atoms with van der Waals surface area (Å²) in [6.45, 7) is 2.54. The van der Waals surface area contributed by atoms with Crippen molar-refractivity contribution in [2.45, 2.75) is 12.5 Å². The van der Waals surface area contributed by atoms with E-state index in [1.165, 1.54) is 11.1 Å². The molecule has 0 saturated carbocycles. The van der Waals surface area contributed by atoms with E-state index < -0.39 is 0 Å². The molecule has 0 bridgehead atoms. The fourth-order valence-corrected chi connectivity index (χ4v) is 2.68. The summed E-state index contributed by atoms with van der Waals surface area (Å²) in [4.78, 5) is 0. The molecule has 0 fully saturated rings. The molecule has 0 spiro atoms. The number of nitrogens with one attached hydrogen (secondary N) is 1. The highest BCUT2D eigenvalue weighted by atomic mass is 35.5. The fraction of sp³-hybridized carbons (Fsp3) is 0.250. The molecule has 2 aromatic rings. The number of rotatable bonds is 3. The summed E-state index contributed by atoms with van der Waals surface area (Å²) in [5, 5.41) is 4.10. The SMILES string of the molecule is Clc1ccccc1OCC1CNCc2ccccc21. The topological polar surface area (TPSA) is 21.3 Å². The number of halogens is 1. The summed E-state index contributed by atoms with van der Waals surface area (Å²) in [6, 6.07) is 16.1. The van der Waals surface area contributed by atoms with Crippen LogP contribution in [0.25, 0.3) is 0 Å². The van der Waals surface area contributed by atoms with Crippen LogP contribution < -0.4 is 10.1 Å². The van der Waals surface area contributed by atoms with Crippen LogP contribution in [0.3, 0.4) is 0 Å². The number of para-hydroxylation sites is 1. The Balaban J connectivity index is 1.73. The van der Waals surface area contributed by atoms with Crippen molar-refractivity contribution < 1.29 is 4.74 Å². The van der Waals surface area contributed by atoms with Crippen molar-refractivity contribution in [3.63, 3.8) is 0 Å². The van der Waals surface area contributed by atoms with Crippen molar-refractivity contribution in [2.75, 3.05) is 13.2 Å². The quantitative estimate of drug-likeness (QED) is 0.922. The molecule has 0 aliphatic carbocycles. The maximum absolute atomic E-state index is 6.10. The maximum atomic E-state index is 6.10. The Morgan fingerprint density at radius 1 is 1.11 bits per heavy atom. The molecule has 0 amide bonds. The van der Waals surface area contributed by atoms with Gasteiger partial charge >= 0.3 is 0 Å². The summed E-state index contributed by atoms with van der Waals surface area (Å²) in [6.07, 6.45) is 0. The Labute approximate surface area is 118 Å². The highest BCUT2D eigenvalue weighted by Gasteiger charge is 2.20. The number of hydrogen-bond donors (Lipinski definition) is 1. The molecular formula is C16H16ClNO. The normalized spacial score (nSPS) is 17.8. The summed E-state index contributed by atoms with van der Waals surface area (Å²) < 4.78 is 5.86. The molecule has 0 saturated heterocycles. The molecule has 3 rings (SSSR count). The molecule has 1 atom stereocenters. The molecule has 1 aliphatic heterocycles. The summed E-state index contributed by atoms with van der Waals surface area (Å²) >= 11 is 6.10. The predicted octanol–water partition coefficient (Wildman–Crippen LogP) is 3.61. The van der Waals surface area contributed by atoms with E-state index in [0.717, 1.165) is 18.8 Å². The lowest BCUT2D eigenvalue weighted by atomic mass is 9.91. The molecule has 1 aliphatic rings. The van der Waals surface area contributed by atoms with Gasteiger partial charge in [-0.3, -0.25) is 0 Å². The number of fused-ring (bicyclic) bond motifs is 1. The molecule has 0 radical (unpaired) electrons. The standard InChI is InChI=1S/C16H16ClNO/c17-15-7-3-4-8-16(15)19-11-13-10-18-9-12-5-1-2-6-14(12)13/h1-8,13,18H,9-11H2. The molecule has 2 nitrogen and oxygen atoms in total. The van der Waals surface area contributed by atoms with E-state index in [4.69, 9.17) is 16.3 Å². The third kappa shape index (κ3) is 2.75. The van der Waals surface area contributed by atoms with Crippen LogP contribution in [0.2, 0.25) is 5.02 Å². The van der Waals surface area contributed by atoms with E-state index >= 15 is 0 Å². The van der Waals surface area contributed by atoms with Gasteiger partial charge in [-0.1, -0.05) is 48.0 Å². The highest BCUT2D eigenvalue weighted by molar-refractivity contribution is 6.32. The molecule has 19 heavy (non-hydrogen) atoms. The maximum Gasteiger partial charge on any atom is 0.137 e. The van der Waals surface area contributed by atoms with Crippen LogP contribution in [0, 0.1) is 0 Å². The van der Waals surface area contributed by atoms with Gasteiger partial charge in [-0.05, 0) is 23.3 Å². The van der Waals surface area contributed by atoms with Crippen molar-refractivity contribution in [1.82, 2.24) is 5.32 Å². The van der Waals surface area contributed by atoms with Crippen LogP contribution in [0.15, 0.2) is 48.5 Å². The van der Waals surface area contributed by atoms with E-state index in [1.807, 2.05) is 24.3 Å². The van der Waals surface area contributed by atoms with Crippen molar-refractivity contribution >= 4 is 11.6 Å². The molecule has 0 aromatic heterocycles. The van der Waals surface area contributed by atoms with Gasteiger partial charge in [0.15, 0.2) is 0 Å². The first-order valence-corrected chi connectivity index (χ1v) is 6.88. The van der Waals surface area contributed by atoms with Crippen molar-refractivity contribution in [1.29, 1.82) is 0 Å². The third-order valence-corrected chi connectivity index (χ3v) is 3.79. The van der Waals surface area contributed by atoms with Gasteiger partial charge in [0.2, 0.25) is 0 Å². The summed E-state index contributed by atoms with van der Waals surface area (Å²) in [5.41, 5.74) is 2.75. The van der Waals surface area contributed by atoms with Crippen LogP contribution in [-0.4, -0.2) is 13.2 Å². The minimum absolute atomic E-state index is 0.376. The van der Waals surface area contributed by atoms with Gasteiger partial charge in [-0.15, -0.1) is 0 Å². The van der Waals surface area contributed by atoms with Crippen molar-refractivity contribution in [2.24, 2.45) is 0 Å². The number of hydrogen-bond acceptors (Lipinski definition) is 2. The first kappa shape index (κ1) is 12.5. The summed E-state index contributed by atoms with van der Waals surface area (Å²) in [7, 11) is 0. The van der Waals surface area contributed by atoms with Gasteiger partial charge in [-0.2, -0.15) is 0 Å². The monoisotopic (exact) mass is 273 g/mol. The van der Waals surface area contributed by atoms with Crippen LogP contribution in [0.4, 0.5) is 0 Å². The van der Waals surface area contributed by atoms with Crippen LogP contribution >= 0.6 is 11.6 Å². The van der Waals surface area contributed by atoms with Crippen LogP contribution in [0.5, 0.6) is 5.75 Å². The van der Waals surface area contributed by atoms with Gasteiger partial charge in [0, 0.05) is 19.0 Å². The van der Waals surface area contributed by atoms with Gasteiger partial charge < -0.3 is 10.1 Å². The second kappa shape index (κ2) is 5.64. The fourth-order valence-electron chi connectivity index (χ4n) is 2.49. The van der Waals surface area contributed by atoms with Crippen molar-refractivity contribution in [3.8, 4) is 5.75 Å². The highest BCUT2D eigenvalue weighted by Crippen LogP contribution is 2.27. The zero-order valence-corrected chi connectivity index (χ0v) is 11.4. The minimum atomic E-state index is 0.376. The lowest BCUT2D eigenvalue weighted by Gasteiger charge is -2.26. The zero-order chi connectivity index (χ0) is 13.1. The Hall–Kier alpha value is -1.51. The number of benzene rings is 2. The Morgan fingerprint density at radius 3 is 2.79 bits per heavy atom. The average molecular weight is 274 g/mol. The molecule has 1 unspecified atom stereocenters. The minimum Gasteiger partial charge on any atom is -0.491 e. The molecular weight excluding hydrogens is 258 g/mol. The van der Waals surface area contributed by atoms with Gasteiger partial charge in [0.05, 0.1) is 11.6 Å². The van der Waals surface area contributed by atoms with E-state index in [9.17, 15) is 0 Å². The second-order valence-corrected chi connectivity index (χ2v) is 5.18. The predicted molar refractivity (Wildman–Crippen MR) is 77.8 cm³/mol.